The van der Waals surface area contributed by atoms with E-state index >= 15 is 0 Å². The molecule has 0 unspecified atom stereocenters. The van der Waals surface area contributed by atoms with Crippen molar-refractivity contribution in [2.45, 2.75) is 6.61 Å². The highest BCUT2D eigenvalue weighted by Gasteiger charge is 2.01. The standard InChI is InChI=1S/C16H12FNO/c17-16-9-7-13-6-8-14(10-15(13)18-16)19-11-12-4-2-1-3-5-12/h1-10H,11H2. The minimum Gasteiger partial charge on any atom is -0.489 e. The fraction of sp³-hybridized carbons (Fsp3) is 0.0625. The second-order valence-corrected chi connectivity index (χ2v) is 4.26. The summed E-state index contributed by atoms with van der Waals surface area (Å²) >= 11 is 0. The normalized spacial score (nSPS) is 10.6. The van der Waals surface area contributed by atoms with Gasteiger partial charge in [0.15, 0.2) is 0 Å². The molecule has 0 bridgehead atoms. The summed E-state index contributed by atoms with van der Waals surface area (Å²) in [5, 5.41) is 0.897. The maximum atomic E-state index is 13.1. The number of ether oxygens (including phenoxy) is 1. The van der Waals surface area contributed by atoms with E-state index in [9.17, 15) is 4.39 Å². The number of hydrogen-bond donors (Lipinski definition) is 0. The quantitative estimate of drug-likeness (QED) is 0.659. The van der Waals surface area contributed by atoms with Gasteiger partial charge in [0.1, 0.15) is 12.4 Å². The molecule has 0 saturated carbocycles. The molecule has 0 aliphatic heterocycles. The monoisotopic (exact) mass is 253 g/mol. The van der Waals surface area contributed by atoms with Gasteiger partial charge in [-0.15, -0.1) is 0 Å². The number of aromatic nitrogens is 1. The number of pyridine rings is 1. The van der Waals surface area contributed by atoms with Gasteiger partial charge in [-0.25, -0.2) is 4.98 Å². The van der Waals surface area contributed by atoms with Crippen molar-refractivity contribution in [3.63, 3.8) is 0 Å². The Hall–Kier alpha value is -2.42. The zero-order chi connectivity index (χ0) is 13.1. The van der Waals surface area contributed by atoms with Crippen molar-refractivity contribution in [2.24, 2.45) is 0 Å². The van der Waals surface area contributed by atoms with Gasteiger partial charge in [-0.3, -0.25) is 0 Å². The Morgan fingerprint density at radius 2 is 1.74 bits per heavy atom. The molecule has 3 heteroatoms. The smallest absolute Gasteiger partial charge is 0.213 e. The molecule has 0 amide bonds. The highest BCUT2D eigenvalue weighted by molar-refractivity contribution is 5.79. The molecule has 1 aromatic heterocycles. The molecule has 0 radical (unpaired) electrons. The van der Waals surface area contributed by atoms with Gasteiger partial charge in [0.2, 0.25) is 5.95 Å². The third-order valence-electron chi connectivity index (χ3n) is 2.88. The molecule has 0 aliphatic carbocycles. The van der Waals surface area contributed by atoms with E-state index in [1.54, 1.807) is 12.1 Å². The summed E-state index contributed by atoms with van der Waals surface area (Å²) in [5.41, 5.74) is 1.69. The average Bonchev–Trinajstić information content (AvgIpc) is 2.46. The molecule has 0 spiro atoms. The van der Waals surface area contributed by atoms with Gasteiger partial charge in [-0.05, 0) is 29.8 Å². The Bertz CT molecular complexity index is 697. The van der Waals surface area contributed by atoms with Gasteiger partial charge >= 0.3 is 0 Å². The Kier molecular flexibility index (Phi) is 3.11. The van der Waals surface area contributed by atoms with Gasteiger partial charge in [0.25, 0.3) is 0 Å². The van der Waals surface area contributed by atoms with Crippen molar-refractivity contribution in [3.05, 3.63) is 72.2 Å². The van der Waals surface area contributed by atoms with Crippen LogP contribution in [0, 0.1) is 5.95 Å². The number of halogens is 1. The lowest BCUT2D eigenvalue weighted by Crippen LogP contribution is -1.95. The Balaban J connectivity index is 1.81. The molecule has 3 aromatic rings. The number of nitrogens with zero attached hydrogens (tertiary/aromatic N) is 1. The molecular formula is C16H12FNO. The molecule has 1 heterocycles. The summed E-state index contributed by atoms with van der Waals surface area (Å²) in [7, 11) is 0. The number of benzene rings is 2. The van der Waals surface area contributed by atoms with Crippen molar-refractivity contribution in [3.8, 4) is 5.75 Å². The fourth-order valence-electron chi connectivity index (χ4n) is 1.90. The first-order chi connectivity index (χ1) is 9.31. The summed E-state index contributed by atoms with van der Waals surface area (Å²) in [4.78, 5) is 3.84. The summed E-state index contributed by atoms with van der Waals surface area (Å²) in [6, 6.07) is 18.5. The second kappa shape index (κ2) is 5.06. The Labute approximate surface area is 110 Å². The minimum absolute atomic E-state index is 0.479. The van der Waals surface area contributed by atoms with Crippen molar-refractivity contribution in [2.75, 3.05) is 0 Å². The number of fused-ring (bicyclic) bond motifs is 1. The molecule has 19 heavy (non-hydrogen) atoms. The lowest BCUT2D eigenvalue weighted by Gasteiger charge is -2.07. The van der Waals surface area contributed by atoms with Gasteiger partial charge in [0, 0.05) is 11.5 Å². The third-order valence-corrected chi connectivity index (χ3v) is 2.88. The lowest BCUT2D eigenvalue weighted by atomic mass is 10.2. The third kappa shape index (κ3) is 2.71. The van der Waals surface area contributed by atoms with Crippen LogP contribution in [0.4, 0.5) is 4.39 Å². The van der Waals surface area contributed by atoms with Crippen LogP contribution in [-0.4, -0.2) is 4.98 Å². The topological polar surface area (TPSA) is 22.1 Å². The van der Waals surface area contributed by atoms with Crippen LogP contribution >= 0.6 is 0 Å². The maximum Gasteiger partial charge on any atom is 0.213 e. The summed E-state index contributed by atoms with van der Waals surface area (Å²) in [6.07, 6.45) is 0. The van der Waals surface area contributed by atoms with Crippen molar-refractivity contribution in [1.29, 1.82) is 0 Å². The molecule has 0 atom stereocenters. The molecule has 0 aliphatic rings. The molecule has 0 N–H and O–H groups in total. The van der Waals surface area contributed by atoms with E-state index in [-0.39, 0.29) is 0 Å². The molecule has 2 aromatic carbocycles. The van der Waals surface area contributed by atoms with E-state index in [0.29, 0.717) is 17.9 Å². The van der Waals surface area contributed by atoms with E-state index < -0.39 is 5.95 Å². The van der Waals surface area contributed by atoms with Crippen molar-refractivity contribution in [1.82, 2.24) is 4.98 Å². The van der Waals surface area contributed by atoms with Gasteiger partial charge in [0.05, 0.1) is 5.52 Å². The van der Waals surface area contributed by atoms with E-state index in [2.05, 4.69) is 4.98 Å². The molecular weight excluding hydrogens is 241 g/mol. The molecule has 0 saturated heterocycles. The zero-order valence-electron chi connectivity index (χ0n) is 10.2. The largest absolute Gasteiger partial charge is 0.489 e. The number of hydrogen-bond acceptors (Lipinski definition) is 2. The van der Waals surface area contributed by atoms with E-state index in [1.807, 2.05) is 42.5 Å². The molecule has 2 nitrogen and oxygen atoms in total. The zero-order valence-corrected chi connectivity index (χ0v) is 10.2. The first kappa shape index (κ1) is 11.7. The van der Waals surface area contributed by atoms with Crippen LogP contribution in [0.3, 0.4) is 0 Å². The first-order valence-electron chi connectivity index (χ1n) is 6.04. The van der Waals surface area contributed by atoms with Crippen LogP contribution in [0.5, 0.6) is 5.75 Å². The minimum atomic E-state index is -0.479. The summed E-state index contributed by atoms with van der Waals surface area (Å²) in [6.45, 7) is 0.488. The molecule has 3 rings (SSSR count). The Morgan fingerprint density at radius 1 is 0.947 bits per heavy atom. The van der Waals surface area contributed by atoms with Gasteiger partial charge < -0.3 is 4.74 Å². The maximum absolute atomic E-state index is 13.1. The molecule has 0 fully saturated rings. The predicted octanol–water partition coefficient (Wildman–Crippen LogP) is 3.95. The van der Waals surface area contributed by atoms with Crippen molar-refractivity contribution >= 4 is 10.9 Å². The molecule has 94 valence electrons. The number of rotatable bonds is 3. The summed E-state index contributed by atoms with van der Waals surface area (Å²) in [5.74, 6) is 0.210. The second-order valence-electron chi connectivity index (χ2n) is 4.26. The fourth-order valence-corrected chi connectivity index (χ4v) is 1.90. The summed E-state index contributed by atoms with van der Waals surface area (Å²) < 4.78 is 18.7. The highest BCUT2D eigenvalue weighted by atomic mass is 19.1. The first-order valence-corrected chi connectivity index (χ1v) is 6.04. The van der Waals surface area contributed by atoms with Crippen LogP contribution < -0.4 is 4.74 Å². The van der Waals surface area contributed by atoms with Crippen LogP contribution in [0.1, 0.15) is 5.56 Å². The average molecular weight is 253 g/mol. The van der Waals surface area contributed by atoms with Crippen LogP contribution in [-0.2, 0) is 6.61 Å². The van der Waals surface area contributed by atoms with Crippen LogP contribution in [0.25, 0.3) is 10.9 Å². The predicted molar refractivity (Wildman–Crippen MR) is 72.5 cm³/mol. The van der Waals surface area contributed by atoms with Gasteiger partial charge in [-0.1, -0.05) is 30.3 Å². The van der Waals surface area contributed by atoms with E-state index in [4.69, 9.17) is 4.74 Å². The van der Waals surface area contributed by atoms with Crippen molar-refractivity contribution < 1.29 is 9.13 Å². The highest BCUT2D eigenvalue weighted by Crippen LogP contribution is 2.20. The Morgan fingerprint density at radius 3 is 2.58 bits per heavy atom. The van der Waals surface area contributed by atoms with E-state index in [0.717, 1.165) is 10.9 Å². The SMILES string of the molecule is Fc1ccc2ccc(OCc3ccccc3)cc2n1. The van der Waals surface area contributed by atoms with Crippen LogP contribution in [0.15, 0.2) is 60.7 Å². The van der Waals surface area contributed by atoms with E-state index in [1.165, 1.54) is 6.07 Å². The van der Waals surface area contributed by atoms with Gasteiger partial charge in [-0.2, -0.15) is 4.39 Å². The van der Waals surface area contributed by atoms with Crippen LogP contribution in [0.2, 0.25) is 0 Å². The lowest BCUT2D eigenvalue weighted by molar-refractivity contribution is 0.306.